The van der Waals surface area contributed by atoms with Crippen LogP contribution in [-0.2, 0) is 11.3 Å². The average Bonchev–Trinajstić information content (AvgIpc) is 2.37. The highest BCUT2D eigenvalue weighted by Gasteiger charge is 2.14. The van der Waals surface area contributed by atoms with E-state index in [1.54, 1.807) is 23.1 Å². The van der Waals surface area contributed by atoms with E-state index in [0.717, 1.165) is 0 Å². The van der Waals surface area contributed by atoms with Crippen molar-refractivity contribution < 1.29 is 9.90 Å². The van der Waals surface area contributed by atoms with E-state index >= 15 is 0 Å². The van der Waals surface area contributed by atoms with Crippen LogP contribution in [0.5, 0.6) is 0 Å². The van der Waals surface area contributed by atoms with Gasteiger partial charge in [-0.3, -0.25) is 14.5 Å². The summed E-state index contributed by atoms with van der Waals surface area (Å²) < 4.78 is 0. The van der Waals surface area contributed by atoms with Gasteiger partial charge in [-0.05, 0) is 18.1 Å². The molecule has 1 aromatic carbocycles. The fourth-order valence-electron chi connectivity index (χ4n) is 2.31. The molecule has 1 heterocycles. The van der Waals surface area contributed by atoms with E-state index in [4.69, 9.17) is 5.11 Å². The van der Waals surface area contributed by atoms with Crippen LogP contribution in [0.2, 0.25) is 0 Å². The second kappa shape index (κ2) is 6.49. The molecule has 2 rings (SSSR count). The number of aromatic amines is 1. The number of fused-ring (bicyclic) bond motifs is 1. The van der Waals surface area contributed by atoms with E-state index < -0.39 is 5.97 Å². The smallest absolute Gasteiger partial charge is 0.317 e. The van der Waals surface area contributed by atoms with Crippen molar-refractivity contribution in [3.8, 4) is 0 Å². The molecule has 2 aromatic rings. The van der Waals surface area contributed by atoms with Crippen molar-refractivity contribution in [3.63, 3.8) is 0 Å². The molecule has 0 aliphatic carbocycles. The first-order valence-electron chi connectivity index (χ1n) is 6.88. The first kappa shape index (κ1) is 15.2. The van der Waals surface area contributed by atoms with Crippen LogP contribution in [0, 0.1) is 5.92 Å². The molecule has 6 heteroatoms. The van der Waals surface area contributed by atoms with Crippen LogP contribution in [0.3, 0.4) is 0 Å². The monoisotopic (exact) mass is 289 g/mol. The summed E-state index contributed by atoms with van der Waals surface area (Å²) in [6.45, 7) is 4.90. The number of rotatable bonds is 6. The molecule has 0 aliphatic heterocycles. The number of H-pyrrole nitrogens is 1. The van der Waals surface area contributed by atoms with Crippen LogP contribution < -0.4 is 5.56 Å². The van der Waals surface area contributed by atoms with Gasteiger partial charge in [-0.1, -0.05) is 26.0 Å². The van der Waals surface area contributed by atoms with Crippen molar-refractivity contribution in [2.45, 2.75) is 20.4 Å². The number of para-hydroxylation sites is 1. The predicted molar refractivity (Wildman–Crippen MR) is 80.1 cm³/mol. The van der Waals surface area contributed by atoms with Crippen LogP contribution in [0.15, 0.2) is 29.1 Å². The summed E-state index contributed by atoms with van der Waals surface area (Å²) in [6.07, 6.45) is 0. The number of aromatic nitrogens is 2. The number of hydrogen-bond donors (Lipinski definition) is 2. The second-order valence-electron chi connectivity index (χ2n) is 5.49. The fraction of sp³-hybridized carbons (Fsp3) is 0.400. The Bertz CT molecular complexity index is 694. The zero-order chi connectivity index (χ0) is 15.4. The summed E-state index contributed by atoms with van der Waals surface area (Å²) in [6, 6.07) is 7.10. The Morgan fingerprint density at radius 1 is 1.38 bits per heavy atom. The molecule has 1 aromatic heterocycles. The van der Waals surface area contributed by atoms with Gasteiger partial charge in [0.05, 0.1) is 24.0 Å². The Morgan fingerprint density at radius 2 is 2.10 bits per heavy atom. The summed E-state index contributed by atoms with van der Waals surface area (Å²) >= 11 is 0. The minimum atomic E-state index is -0.890. The van der Waals surface area contributed by atoms with Crippen LogP contribution >= 0.6 is 0 Å². The zero-order valence-electron chi connectivity index (χ0n) is 12.2. The van der Waals surface area contributed by atoms with Gasteiger partial charge in [0.1, 0.15) is 5.82 Å². The molecule has 112 valence electrons. The number of carboxylic acids is 1. The molecule has 0 spiro atoms. The summed E-state index contributed by atoms with van der Waals surface area (Å²) in [5.74, 6) is -0.0732. The molecular formula is C15H19N3O3. The Balaban J connectivity index is 2.27. The molecule has 0 unspecified atom stereocenters. The lowest BCUT2D eigenvalue weighted by molar-refractivity contribution is -0.138. The topological polar surface area (TPSA) is 86.3 Å². The van der Waals surface area contributed by atoms with Gasteiger partial charge in [-0.2, -0.15) is 0 Å². The highest BCUT2D eigenvalue weighted by molar-refractivity contribution is 5.77. The summed E-state index contributed by atoms with van der Waals surface area (Å²) in [5, 5.41) is 9.50. The van der Waals surface area contributed by atoms with E-state index in [2.05, 4.69) is 9.97 Å². The van der Waals surface area contributed by atoms with Crippen LogP contribution in [0.1, 0.15) is 19.7 Å². The van der Waals surface area contributed by atoms with Gasteiger partial charge < -0.3 is 10.1 Å². The van der Waals surface area contributed by atoms with Crippen LogP contribution in [-0.4, -0.2) is 39.0 Å². The molecule has 0 fully saturated rings. The second-order valence-corrected chi connectivity index (χ2v) is 5.49. The minimum absolute atomic E-state index is 0.0747. The third-order valence-electron chi connectivity index (χ3n) is 3.02. The van der Waals surface area contributed by atoms with Crippen LogP contribution in [0.25, 0.3) is 10.9 Å². The zero-order valence-corrected chi connectivity index (χ0v) is 12.2. The maximum absolute atomic E-state index is 12.0. The number of nitrogens with zero attached hydrogens (tertiary/aromatic N) is 2. The Labute approximate surface area is 122 Å². The molecule has 2 N–H and O–H groups in total. The summed E-state index contributed by atoms with van der Waals surface area (Å²) in [4.78, 5) is 31.8. The van der Waals surface area contributed by atoms with E-state index in [1.165, 1.54) is 0 Å². The quantitative estimate of drug-likeness (QED) is 0.841. The largest absolute Gasteiger partial charge is 0.480 e. The lowest BCUT2D eigenvalue weighted by atomic mass is 10.2. The lowest BCUT2D eigenvalue weighted by Gasteiger charge is -2.21. The summed E-state index contributed by atoms with van der Waals surface area (Å²) in [5.41, 5.74) is 0.423. The predicted octanol–water partition coefficient (Wildman–Crippen LogP) is 1.47. The molecule has 0 saturated carbocycles. The molecule has 0 radical (unpaired) electrons. The van der Waals surface area contributed by atoms with Gasteiger partial charge >= 0.3 is 5.97 Å². The first-order valence-corrected chi connectivity index (χ1v) is 6.88. The van der Waals surface area contributed by atoms with Gasteiger partial charge in [-0.25, -0.2) is 4.98 Å². The number of hydrogen-bond acceptors (Lipinski definition) is 4. The Kier molecular flexibility index (Phi) is 4.70. The van der Waals surface area contributed by atoms with E-state index in [0.29, 0.717) is 35.7 Å². The molecule has 6 nitrogen and oxygen atoms in total. The van der Waals surface area contributed by atoms with Gasteiger partial charge in [0.15, 0.2) is 0 Å². The normalized spacial score (nSPS) is 11.4. The van der Waals surface area contributed by atoms with Crippen molar-refractivity contribution in [1.29, 1.82) is 0 Å². The number of aliphatic carboxylic acids is 1. The Hall–Kier alpha value is -2.21. The van der Waals surface area contributed by atoms with E-state index in [9.17, 15) is 9.59 Å². The standard InChI is InChI=1S/C15H19N3O3/c1-10(2)7-18(9-14(19)20)8-13-16-12-6-4-3-5-11(12)15(21)17-13/h3-6,10H,7-9H2,1-2H3,(H,19,20)(H,16,17,21). The minimum Gasteiger partial charge on any atom is -0.480 e. The van der Waals surface area contributed by atoms with Crippen molar-refractivity contribution in [3.05, 3.63) is 40.4 Å². The molecule has 0 aliphatic rings. The number of nitrogens with one attached hydrogen (secondary N) is 1. The molecule has 21 heavy (non-hydrogen) atoms. The maximum atomic E-state index is 12.0. The third-order valence-corrected chi connectivity index (χ3v) is 3.02. The molecule has 0 saturated heterocycles. The molecular weight excluding hydrogens is 270 g/mol. The average molecular weight is 289 g/mol. The van der Waals surface area contributed by atoms with Gasteiger partial charge in [0.25, 0.3) is 5.56 Å². The summed E-state index contributed by atoms with van der Waals surface area (Å²) in [7, 11) is 0. The van der Waals surface area contributed by atoms with Crippen molar-refractivity contribution in [2.24, 2.45) is 5.92 Å². The molecule has 0 atom stereocenters. The van der Waals surface area contributed by atoms with Crippen molar-refractivity contribution in [1.82, 2.24) is 14.9 Å². The van der Waals surface area contributed by atoms with Gasteiger partial charge in [0.2, 0.25) is 0 Å². The first-order chi connectivity index (χ1) is 9.95. The van der Waals surface area contributed by atoms with Crippen LogP contribution in [0.4, 0.5) is 0 Å². The SMILES string of the molecule is CC(C)CN(CC(=O)O)Cc1nc2ccccc2c(=O)[nH]1. The highest BCUT2D eigenvalue weighted by Crippen LogP contribution is 2.08. The van der Waals surface area contributed by atoms with Crippen molar-refractivity contribution in [2.75, 3.05) is 13.1 Å². The number of carboxylic acid groups (broad SMARTS) is 1. The van der Waals surface area contributed by atoms with Gasteiger partial charge in [0, 0.05) is 6.54 Å². The third kappa shape index (κ3) is 4.13. The maximum Gasteiger partial charge on any atom is 0.317 e. The van der Waals surface area contributed by atoms with E-state index in [1.807, 2.05) is 19.9 Å². The Morgan fingerprint density at radius 3 is 2.76 bits per heavy atom. The number of benzene rings is 1. The molecule has 0 amide bonds. The lowest BCUT2D eigenvalue weighted by Crippen LogP contribution is -2.33. The molecule has 0 bridgehead atoms. The number of carbonyl (C=O) groups is 1. The van der Waals surface area contributed by atoms with E-state index in [-0.39, 0.29) is 12.1 Å². The fourth-order valence-corrected chi connectivity index (χ4v) is 2.31. The van der Waals surface area contributed by atoms with Crippen molar-refractivity contribution >= 4 is 16.9 Å². The van der Waals surface area contributed by atoms with Gasteiger partial charge in [-0.15, -0.1) is 0 Å². The highest BCUT2D eigenvalue weighted by atomic mass is 16.4.